The quantitative estimate of drug-likeness (QED) is 0.917. The lowest BCUT2D eigenvalue weighted by molar-refractivity contribution is -0.129. The fourth-order valence-electron chi connectivity index (χ4n) is 2.73. The highest BCUT2D eigenvalue weighted by atomic mass is 16.2. The summed E-state index contributed by atoms with van der Waals surface area (Å²) in [4.78, 5) is 24.0. The predicted octanol–water partition coefficient (Wildman–Crippen LogP) is 2.91. The standard InChI is InChI=1S/C17H23NO2/c1-11(19)15(17(2,3)4)18-16(20)14-10-13(14)12-8-6-5-7-9-12/h5-9,13-15H,10H2,1-4H3,(H,18,20). The highest BCUT2D eigenvalue weighted by molar-refractivity contribution is 5.90. The van der Waals surface area contributed by atoms with Crippen molar-refractivity contribution in [1.29, 1.82) is 0 Å². The van der Waals surface area contributed by atoms with Crippen LogP contribution in [0, 0.1) is 11.3 Å². The minimum absolute atomic E-state index is 0.00831. The summed E-state index contributed by atoms with van der Waals surface area (Å²) in [6.07, 6.45) is 0.880. The first kappa shape index (κ1) is 14.8. The van der Waals surface area contributed by atoms with Crippen molar-refractivity contribution in [2.75, 3.05) is 0 Å². The van der Waals surface area contributed by atoms with E-state index in [1.54, 1.807) is 0 Å². The predicted molar refractivity (Wildman–Crippen MR) is 79.4 cm³/mol. The molecule has 0 heterocycles. The van der Waals surface area contributed by atoms with Crippen LogP contribution in [0.1, 0.15) is 45.6 Å². The molecule has 1 aliphatic carbocycles. The van der Waals surface area contributed by atoms with Gasteiger partial charge in [-0.25, -0.2) is 0 Å². The second-order valence-electron chi connectivity index (χ2n) is 6.78. The Kier molecular flexibility index (Phi) is 3.98. The SMILES string of the molecule is CC(=O)C(NC(=O)C1CC1c1ccccc1)C(C)(C)C. The number of carbonyl (C=O) groups is 2. The van der Waals surface area contributed by atoms with E-state index in [-0.39, 0.29) is 23.0 Å². The number of hydrogen-bond acceptors (Lipinski definition) is 2. The van der Waals surface area contributed by atoms with Gasteiger partial charge in [0.15, 0.2) is 5.78 Å². The van der Waals surface area contributed by atoms with Crippen LogP contribution < -0.4 is 5.32 Å². The number of rotatable bonds is 4. The third kappa shape index (κ3) is 3.27. The Balaban J connectivity index is 1.99. The minimum atomic E-state index is -0.410. The molecule has 0 aromatic heterocycles. The van der Waals surface area contributed by atoms with Gasteiger partial charge >= 0.3 is 0 Å². The molecule has 108 valence electrons. The number of benzene rings is 1. The molecule has 1 saturated carbocycles. The van der Waals surface area contributed by atoms with Crippen molar-refractivity contribution in [2.24, 2.45) is 11.3 Å². The summed E-state index contributed by atoms with van der Waals surface area (Å²) in [5.74, 6) is 0.349. The van der Waals surface area contributed by atoms with E-state index in [1.807, 2.05) is 39.0 Å². The van der Waals surface area contributed by atoms with Crippen LogP contribution in [0.5, 0.6) is 0 Å². The molecule has 1 aromatic carbocycles. The lowest BCUT2D eigenvalue weighted by Crippen LogP contribution is -2.48. The molecule has 1 aromatic rings. The maximum atomic E-state index is 12.3. The van der Waals surface area contributed by atoms with E-state index in [2.05, 4.69) is 17.4 Å². The van der Waals surface area contributed by atoms with Gasteiger partial charge in [-0.2, -0.15) is 0 Å². The minimum Gasteiger partial charge on any atom is -0.346 e. The van der Waals surface area contributed by atoms with E-state index in [1.165, 1.54) is 12.5 Å². The Bertz CT molecular complexity index is 501. The van der Waals surface area contributed by atoms with Gasteiger partial charge in [0.1, 0.15) is 0 Å². The van der Waals surface area contributed by atoms with Gasteiger partial charge in [-0.15, -0.1) is 0 Å². The number of carbonyl (C=O) groups excluding carboxylic acids is 2. The maximum absolute atomic E-state index is 12.3. The molecule has 20 heavy (non-hydrogen) atoms. The van der Waals surface area contributed by atoms with Crippen LogP contribution in [0.25, 0.3) is 0 Å². The molecule has 1 N–H and O–H groups in total. The fraction of sp³-hybridized carbons (Fsp3) is 0.529. The van der Waals surface area contributed by atoms with E-state index in [9.17, 15) is 9.59 Å². The molecule has 3 atom stereocenters. The van der Waals surface area contributed by atoms with Crippen molar-refractivity contribution >= 4 is 11.7 Å². The van der Waals surface area contributed by atoms with Crippen molar-refractivity contribution in [3.63, 3.8) is 0 Å². The lowest BCUT2D eigenvalue weighted by atomic mass is 9.84. The normalized spacial score (nSPS) is 23.0. The molecule has 3 unspecified atom stereocenters. The Morgan fingerprint density at radius 1 is 1.20 bits per heavy atom. The summed E-state index contributed by atoms with van der Waals surface area (Å²) in [7, 11) is 0. The molecule has 1 aliphatic rings. The van der Waals surface area contributed by atoms with Gasteiger partial charge in [-0.05, 0) is 30.2 Å². The molecule has 2 rings (SSSR count). The van der Waals surface area contributed by atoms with Crippen LogP contribution in [0.4, 0.5) is 0 Å². The molecule has 0 aliphatic heterocycles. The van der Waals surface area contributed by atoms with Crippen LogP contribution in [0.2, 0.25) is 0 Å². The Morgan fingerprint density at radius 3 is 2.30 bits per heavy atom. The van der Waals surface area contributed by atoms with Crippen molar-refractivity contribution in [3.05, 3.63) is 35.9 Å². The summed E-state index contributed by atoms with van der Waals surface area (Å²) < 4.78 is 0. The maximum Gasteiger partial charge on any atom is 0.224 e. The first-order valence-electron chi connectivity index (χ1n) is 7.16. The first-order chi connectivity index (χ1) is 9.30. The van der Waals surface area contributed by atoms with Crippen molar-refractivity contribution in [1.82, 2.24) is 5.32 Å². The zero-order valence-electron chi connectivity index (χ0n) is 12.6. The van der Waals surface area contributed by atoms with Gasteiger partial charge in [0, 0.05) is 5.92 Å². The van der Waals surface area contributed by atoms with Gasteiger partial charge in [0.05, 0.1) is 6.04 Å². The molecule has 1 amide bonds. The summed E-state index contributed by atoms with van der Waals surface area (Å²) >= 11 is 0. The second kappa shape index (κ2) is 5.39. The van der Waals surface area contributed by atoms with E-state index in [0.29, 0.717) is 5.92 Å². The Morgan fingerprint density at radius 2 is 1.80 bits per heavy atom. The Labute approximate surface area is 120 Å². The van der Waals surface area contributed by atoms with Crippen LogP contribution in [-0.2, 0) is 9.59 Å². The van der Waals surface area contributed by atoms with Gasteiger partial charge in [0.2, 0.25) is 5.91 Å². The van der Waals surface area contributed by atoms with Crippen molar-refractivity contribution < 1.29 is 9.59 Å². The Hall–Kier alpha value is -1.64. The zero-order chi connectivity index (χ0) is 14.9. The molecular formula is C17H23NO2. The van der Waals surface area contributed by atoms with E-state index in [4.69, 9.17) is 0 Å². The summed E-state index contributed by atoms with van der Waals surface area (Å²) in [6, 6.07) is 9.68. The summed E-state index contributed by atoms with van der Waals surface area (Å²) in [6.45, 7) is 7.46. The van der Waals surface area contributed by atoms with Crippen LogP contribution in [0.15, 0.2) is 30.3 Å². The third-order valence-electron chi connectivity index (χ3n) is 3.91. The van der Waals surface area contributed by atoms with Gasteiger partial charge in [-0.1, -0.05) is 51.1 Å². The fourth-order valence-corrected chi connectivity index (χ4v) is 2.73. The molecule has 1 fully saturated rings. The molecular weight excluding hydrogens is 250 g/mol. The van der Waals surface area contributed by atoms with Gasteiger partial charge in [-0.3, -0.25) is 9.59 Å². The number of nitrogens with one attached hydrogen (secondary N) is 1. The molecule has 0 bridgehead atoms. The van der Waals surface area contributed by atoms with Crippen LogP contribution in [0.3, 0.4) is 0 Å². The molecule has 3 nitrogen and oxygen atoms in total. The first-order valence-corrected chi connectivity index (χ1v) is 7.16. The average molecular weight is 273 g/mol. The molecule has 0 radical (unpaired) electrons. The van der Waals surface area contributed by atoms with E-state index >= 15 is 0 Å². The van der Waals surface area contributed by atoms with Crippen molar-refractivity contribution in [2.45, 2.75) is 46.1 Å². The number of ketones is 1. The number of amides is 1. The highest BCUT2D eigenvalue weighted by Gasteiger charge is 2.45. The van der Waals surface area contributed by atoms with Gasteiger partial charge in [0.25, 0.3) is 0 Å². The monoisotopic (exact) mass is 273 g/mol. The molecule has 0 saturated heterocycles. The highest BCUT2D eigenvalue weighted by Crippen LogP contribution is 2.47. The van der Waals surface area contributed by atoms with Gasteiger partial charge < -0.3 is 5.32 Å². The zero-order valence-corrected chi connectivity index (χ0v) is 12.6. The smallest absolute Gasteiger partial charge is 0.224 e. The van der Waals surface area contributed by atoms with Crippen LogP contribution in [-0.4, -0.2) is 17.7 Å². The largest absolute Gasteiger partial charge is 0.346 e. The molecule has 0 spiro atoms. The lowest BCUT2D eigenvalue weighted by Gasteiger charge is -2.29. The topological polar surface area (TPSA) is 46.2 Å². The summed E-state index contributed by atoms with van der Waals surface area (Å²) in [5, 5.41) is 2.93. The average Bonchev–Trinajstić information content (AvgIpc) is 3.15. The number of hydrogen-bond donors (Lipinski definition) is 1. The van der Waals surface area contributed by atoms with E-state index < -0.39 is 6.04 Å². The number of Topliss-reactive ketones (excluding diaryl/α,β-unsaturated/α-hetero) is 1. The van der Waals surface area contributed by atoms with E-state index in [0.717, 1.165) is 6.42 Å². The van der Waals surface area contributed by atoms with Crippen LogP contribution >= 0.6 is 0 Å². The second-order valence-corrected chi connectivity index (χ2v) is 6.78. The summed E-state index contributed by atoms with van der Waals surface area (Å²) in [5.41, 5.74) is 0.960. The third-order valence-corrected chi connectivity index (χ3v) is 3.91. The molecule has 3 heteroatoms. The van der Waals surface area contributed by atoms with Crippen molar-refractivity contribution in [3.8, 4) is 0 Å².